The highest BCUT2D eigenvalue weighted by Gasteiger charge is 2.52. The lowest BCUT2D eigenvalue weighted by molar-refractivity contribution is -0.166. The van der Waals surface area contributed by atoms with Gasteiger partial charge in [0.2, 0.25) is 11.1 Å². The van der Waals surface area contributed by atoms with Gasteiger partial charge in [-0.25, -0.2) is 9.48 Å². The molecule has 1 aliphatic heterocycles. The minimum absolute atomic E-state index is 0.293. The van der Waals surface area contributed by atoms with Crippen LogP contribution >= 0.6 is 11.6 Å². The molecule has 13 heteroatoms. The molecule has 0 saturated carbocycles. The molecule has 0 bridgehead atoms. The summed E-state index contributed by atoms with van der Waals surface area (Å²) in [5, 5.41) is 3.57. The fraction of sp³-hybridized carbons (Fsp3) is 0.600. The van der Waals surface area contributed by atoms with Gasteiger partial charge in [-0.2, -0.15) is 4.98 Å². The molecule has 0 radical (unpaired) electrons. The number of hydrogen-bond donors (Lipinski definition) is 0. The van der Waals surface area contributed by atoms with E-state index in [0.29, 0.717) is 0 Å². The second kappa shape index (κ2) is 8.97. The van der Waals surface area contributed by atoms with E-state index in [1.54, 1.807) is 0 Å². The van der Waals surface area contributed by atoms with Gasteiger partial charge in [0.15, 0.2) is 18.4 Å². The molecule has 1 aromatic rings. The van der Waals surface area contributed by atoms with Crippen LogP contribution in [-0.2, 0) is 38.1 Å². The largest absolute Gasteiger partial charge is 0.463 e. The summed E-state index contributed by atoms with van der Waals surface area (Å²) in [6.45, 7) is 3.16. The molecule has 2 rings (SSSR count). The van der Waals surface area contributed by atoms with E-state index in [1.165, 1.54) is 6.92 Å². The first-order chi connectivity index (χ1) is 13.1. The van der Waals surface area contributed by atoms with Crippen LogP contribution < -0.4 is 0 Å². The average molecular weight is 420 g/mol. The molecule has 4 atom stereocenters. The van der Waals surface area contributed by atoms with Crippen molar-refractivity contribution in [2.75, 3.05) is 13.7 Å². The second-order valence-electron chi connectivity index (χ2n) is 5.66. The van der Waals surface area contributed by atoms with Crippen LogP contribution in [0, 0.1) is 0 Å². The summed E-state index contributed by atoms with van der Waals surface area (Å²) in [6.07, 6.45) is -4.67. The van der Waals surface area contributed by atoms with E-state index in [2.05, 4.69) is 14.8 Å². The van der Waals surface area contributed by atoms with Crippen molar-refractivity contribution in [3.8, 4) is 0 Å². The number of aromatic nitrogens is 3. The zero-order valence-corrected chi connectivity index (χ0v) is 16.2. The molecule has 0 aliphatic carbocycles. The molecule has 0 amide bonds. The molecular formula is C15H18ClN3O9. The zero-order valence-electron chi connectivity index (χ0n) is 15.4. The summed E-state index contributed by atoms with van der Waals surface area (Å²) in [7, 11) is 1.12. The van der Waals surface area contributed by atoms with Crippen LogP contribution in [-0.4, -0.2) is 70.7 Å². The summed E-state index contributed by atoms with van der Waals surface area (Å²) in [5.74, 6) is -3.21. The van der Waals surface area contributed by atoms with Crippen LogP contribution in [0.2, 0.25) is 5.28 Å². The number of carbonyl (C=O) groups is 4. The highest BCUT2D eigenvalue weighted by molar-refractivity contribution is 6.28. The number of esters is 4. The monoisotopic (exact) mass is 419 g/mol. The molecular weight excluding hydrogens is 402 g/mol. The quantitative estimate of drug-likeness (QED) is 0.455. The van der Waals surface area contributed by atoms with Crippen molar-refractivity contribution in [3.63, 3.8) is 0 Å². The van der Waals surface area contributed by atoms with Gasteiger partial charge in [0, 0.05) is 20.8 Å². The minimum Gasteiger partial charge on any atom is -0.463 e. The van der Waals surface area contributed by atoms with E-state index in [1.807, 2.05) is 0 Å². The Morgan fingerprint density at radius 2 is 1.68 bits per heavy atom. The minimum atomic E-state index is -1.26. The van der Waals surface area contributed by atoms with Gasteiger partial charge in [-0.15, -0.1) is 5.10 Å². The molecule has 154 valence electrons. The third-order valence-electron chi connectivity index (χ3n) is 3.55. The number of methoxy groups -OCH3 is 1. The Morgan fingerprint density at radius 3 is 2.21 bits per heavy atom. The van der Waals surface area contributed by atoms with E-state index >= 15 is 0 Å². The van der Waals surface area contributed by atoms with Crippen LogP contribution in [0.1, 0.15) is 37.6 Å². The summed E-state index contributed by atoms with van der Waals surface area (Å²) in [5.41, 5.74) is 0. The molecule has 1 saturated heterocycles. The van der Waals surface area contributed by atoms with E-state index in [-0.39, 0.29) is 17.7 Å². The topological polar surface area (TPSA) is 145 Å². The molecule has 0 aromatic carbocycles. The Balaban J connectivity index is 2.45. The van der Waals surface area contributed by atoms with Gasteiger partial charge in [-0.1, -0.05) is 0 Å². The van der Waals surface area contributed by atoms with E-state index in [0.717, 1.165) is 25.6 Å². The molecule has 1 aromatic heterocycles. The predicted molar refractivity (Wildman–Crippen MR) is 88.0 cm³/mol. The molecule has 0 N–H and O–H groups in total. The maximum Gasteiger partial charge on any atom is 0.375 e. The van der Waals surface area contributed by atoms with Gasteiger partial charge in [0.05, 0.1) is 7.11 Å². The van der Waals surface area contributed by atoms with E-state index < -0.39 is 48.4 Å². The van der Waals surface area contributed by atoms with Crippen LogP contribution in [0.4, 0.5) is 0 Å². The van der Waals surface area contributed by atoms with E-state index in [4.69, 9.17) is 30.5 Å². The predicted octanol–water partition coefficient (Wildman–Crippen LogP) is 0.0420. The summed E-state index contributed by atoms with van der Waals surface area (Å²) in [4.78, 5) is 50.0. The molecule has 0 unspecified atom stereocenters. The highest BCUT2D eigenvalue weighted by atomic mass is 35.5. The lowest BCUT2D eigenvalue weighted by Gasteiger charge is -2.23. The first-order valence-electron chi connectivity index (χ1n) is 7.97. The summed E-state index contributed by atoms with van der Waals surface area (Å²) in [6, 6.07) is 0. The molecule has 1 aliphatic rings. The van der Waals surface area contributed by atoms with Crippen molar-refractivity contribution in [2.45, 2.75) is 45.3 Å². The van der Waals surface area contributed by atoms with Crippen LogP contribution in [0.5, 0.6) is 0 Å². The molecule has 12 nitrogen and oxygen atoms in total. The Labute approximate surface area is 164 Å². The summed E-state index contributed by atoms with van der Waals surface area (Å²) < 4.78 is 26.7. The normalized spacial score (nSPS) is 23.8. The first-order valence-corrected chi connectivity index (χ1v) is 8.35. The molecule has 2 heterocycles. The SMILES string of the molecule is COC(=O)c1nc(Cl)nn1[C@@H]1O[C@H](COC(C)=O)[C@@H](OC(C)=O)[C@H]1OC(C)=O. The average Bonchev–Trinajstić information content (AvgIpc) is 3.13. The lowest BCUT2D eigenvalue weighted by Crippen LogP contribution is -2.41. The van der Waals surface area contributed by atoms with Crippen molar-refractivity contribution in [2.24, 2.45) is 0 Å². The van der Waals surface area contributed by atoms with Gasteiger partial charge in [-0.3, -0.25) is 14.4 Å². The fourth-order valence-electron chi connectivity index (χ4n) is 2.59. The Kier molecular flexibility index (Phi) is 6.91. The fourth-order valence-corrected chi connectivity index (χ4v) is 2.76. The van der Waals surface area contributed by atoms with Crippen molar-refractivity contribution in [1.29, 1.82) is 0 Å². The number of ether oxygens (including phenoxy) is 5. The standard InChI is InChI=1S/C15H18ClN3O9/c1-6(20)25-5-9-10(26-7(2)21)11(27-8(3)22)13(28-9)19-12(14(23)24-4)17-15(16)18-19/h9-11,13H,5H2,1-4H3/t9-,10-,11-,13-/m1/s1. The highest BCUT2D eigenvalue weighted by Crippen LogP contribution is 2.35. The van der Waals surface area contributed by atoms with Gasteiger partial charge in [0.25, 0.3) is 0 Å². The van der Waals surface area contributed by atoms with Crippen LogP contribution in [0.25, 0.3) is 0 Å². The molecule has 0 spiro atoms. The van der Waals surface area contributed by atoms with Crippen molar-refractivity contribution >= 4 is 35.5 Å². The number of rotatable bonds is 6. The van der Waals surface area contributed by atoms with Gasteiger partial charge >= 0.3 is 23.9 Å². The molecule has 28 heavy (non-hydrogen) atoms. The first kappa shape index (κ1) is 21.6. The second-order valence-corrected chi connectivity index (χ2v) is 5.99. The lowest BCUT2D eigenvalue weighted by atomic mass is 10.1. The number of nitrogens with zero attached hydrogens (tertiary/aromatic N) is 3. The van der Waals surface area contributed by atoms with Crippen molar-refractivity contribution < 1.29 is 42.9 Å². The third-order valence-corrected chi connectivity index (χ3v) is 3.71. The number of halogens is 1. The van der Waals surface area contributed by atoms with Crippen LogP contribution in [0.15, 0.2) is 0 Å². The maximum absolute atomic E-state index is 12.0. The number of hydrogen-bond acceptors (Lipinski definition) is 11. The van der Waals surface area contributed by atoms with Gasteiger partial charge < -0.3 is 23.7 Å². The van der Waals surface area contributed by atoms with E-state index in [9.17, 15) is 19.2 Å². The van der Waals surface area contributed by atoms with Crippen LogP contribution in [0.3, 0.4) is 0 Å². The van der Waals surface area contributed by atoms with Crippen molar-refractivity contribution in [1.82, 2.24) is 14.8 Å². The Hall–Kier alpha value is -2.73. The molecule has 1 fully saturated rings. The Bertz CT molecular complexity index is 781. The summed E-state index contributed by atoms with van der Waals surface area (Å²) >= 11 is 5.79. The van der Waals surface area contributed by atoms with Gasteiger partial charge in [0.1, 0.15) is 12.7 Å². The smallest absolute Gasteiger partial charge is 0.375 e. The zero-order chi connectivity index (χ0) is 21.0. The Morgan fingerprint density at radius 1 is 1.07 bits per heavy atom. The maximum atomic E-state index is 12.0. The van der Waals surface area contributed by atoms with Gasteiger partial charge in [-0.05, 0) is 11.6 Å². The van der Waals surface area contributed by atoms with Crippen molar-refractivity contribution in [3.05, 3.63) is 11.1 Å². The number of carbonyl (C=O) groups excluding carboxylic acids is 4. The third kappa shape index (κ3) is 4.95.